The molecule has 7 heteroatoms. The van der Waals surface area contributed by atoms with E-state index in [0.29, 0.717) is 30.9 Å². The minimum absolute atomic E-state index is 0.178. The Morgan fingerprint density at radius 2 is 2.05 bits per heavy atom. The maximum absolute atomic E-state index is 8.85. The lowest BCUT2D eigenvalue weighted by atomic mass is 9.94. The van der Waals surface area contributed by atoms with Crippen LogP contribution in [0.2, 0.25) is 5.28 Å². The topological polar surface area (TPSA) is 77.7 Å². The fourth-order valence-electron chi connectivity index (χ4n) is 2.59. The Morgan fingerprint density at radius 3 is 2.70 bits per heavy atom. The van der Waals surface area contributed by atoms with Crippen molar-refractivity contribution in [3.8, 4) is 6.07 Å². The van der Waals surface area contributed by atoms with E-state index in [1.54, 1.807) is 7.05 Å². The number of hydrogen-bond acceptors (Lipinski definition) is 6. The molecule has 0 spiro atoms. The van der Waals surface area contributed by atoms with E-state index < -0.39 is 0 Å². The minimum atomic E-state index is 0.178. The summed E-state index contributed by atoms with van der Waals surface area (Å²) in [5.41, 5.74) is 0. The third-order valence-electron chi connectivity index (χ3n) is 3.56. The summed E-state index contributed by atoms with van der Waals surface area (Å²) >= 11 is 5.95. The third-order valence-corrected chi connectivity index (χ3v) is 3.73. The van der Waals surface area contributed by atoms with E-state index in [4.69, 9.17) is 16.9 Å². The van der Waals surface area contributed by atoms with Gasteiger partial charge in [-0.2, -0.15) is 20.2 Å². The van der Waals surface area contributed by atoms with Crippen molar-refractivity contribution in [2.24, 2.45) is 0 Å². The molecule has 1 heterocycles. The average Bonchev–Trinajstić information content (AvgIpc) is 2.48. The van der Waals surface area contributed by atoms with Crippen molar-refractivity contribution >= 4 is 23.5 Å². The van der Waals surface area contributed by atoms with E-state index in [1.807, 2.05) is 0 Å². The van der Waals surface area contributed by atoms with Gasteiger partial charge in [0, 0.05) is 19.6 Å². The van der Waals surface area contributed by atoms with Crippen molar-refractivity contribution in [2.75, 3.05) is 23.8 Å². The summed E-state index contributed by atoms with van der Waals surface area (Å²) in [5, 5.41) is 11.9. The summed E-state index contributed by atoms with van der Waals surface area (Å²) in [6.45, 7) is 0.630. The molecule has 1 aromatic rings. The van der Waals surface area contributed by atoms with Gasteiger partial charge >= 0.3 is 0 Å². The summed E-state index contributed by atoms with van der Waals surface area (Å²) in [6, 6.07) is 2.58. The SMILES string of the molecule is CNc1nc(Cl)nc(N(CCC#N)C2CCCCC2)n1. The molecule has 0 aromatic carbocycles. The molecule has 2 rings (SSSR count). The van der Waals surface area contributed by atoms with Crippen molar-refractivity contribution in [2.45, 2.75) is 44.6 Å². The van der Waals surface area contributed by atoms with Gasteiger partial charge in [0.1, 0.15) is 0 Å². The monoisotopic (exact) mass is 294 g/mol. The summed E-state index contributed by atoms with van der Waals surface area (Å²) in [7, 11) is 1.75. The summed E-state index contributed by atoms with van der Waals surface area (Å²) in [5.74, 6) is 1.02. The molecule has 1 fully saturated rings. The van der Waals surface area contributed by atoms with Gasteiger partial charge in [-0.3, -0.25) is 0 Å². The average molecular weight is 295 g/mol. The lowest BCUT2D eigenvalue weighted by molar-refractivity contribution is 0.411. The lowest BCUT2D eigenvalue weighted by Gasteiger charge is -2.34. The van der Waals surface area contributed by atoms with Gasteiger partial charge in [0.05, 0.1) is 12.5 Å². The largest absolute Gasteiger partial charge is 0.357 e. The van der Waals surface area contributed by atoms with E-state index in [-0.39, 0.29) is 5.28 Å². The van der Waals surface area contributed by atoms with Crippen LogP contribution in [-0.4, -0.2) is 34.6 Å². The van der Waals surface area contributed by atoms with E-state index in [9.17, 15) is 0 Å². The van der Waals surface area contributed by atoms with Crippen LogP contribution in [0, 0.1) is 11.3 Å². The molecule has 0 amide bonds. The Hall–Kier alpha value is -1.61. The van der Waals surface area contributed by atoms with Crippen LogP contribution in [0.3, 0.4) is 0 Å². The first-order valence-electron chi connectivity index (χ1n) is 6.97. The second-order valence-corrected chi connectivity index (χ2v) is 5.21. The second-order valence-electron chi connectivity index (χ2n) is 4.87. The van der Waals surface area contributed by atoms with E-state index >= 15 is 0 Å². The molecule has 20 heavy (non-hydrogen) atoms. The summed E-state index contributed by atoms with van der Waals surface area (Å²) in [6.07, 6.45) is 6.39. The van der Waals surface area contributed by atoms with Crippen molar-refractivity contribution in [3.05, 3.63) is 5.28 Å². The molecule has 108 valence electrons. The number of anilines is 2. The van der Waals surface area contributed by atoms with Crippen LogP contribution >= 0.6 is 11.6 Å². The van der Waals surface area contributed by atoms with Gasteiger partial charge < -0.3 is 10.2 Å². The highest BCUT2D eigenvalue weighted by Crippen LogP contribution is 2.26. The van der Waals surface area contributed by atoms with E-state index in [2.05, 4.69) is 31.2 Å². The predicted octanol–water partition coefficient (Wildman–Crippen LogP) is 2.62. The number of nitriles is 1. The molecular formula is C13H19ClN6. The zero-order valence-electron chi connectivity index (χ0n) is 11.6. The fourth-order valence-corrected chi connectivity index (χ4v) is 2.74. The van der Waals surface area contributed by atoms with Crippen LogP contribution in [0.1, 0.15) is 38.5 Å². The molecule has 0 atom stereocenters. The first kappa shape index (κ1) is 14.8. The number of halogens is 1. The Morgan fingerprint density at radius 1 is 1.30 bits per heavy atom. The van der Waals surface area contributed by atoms with Crippen LogP contribution in [0.4, 0.5) is 11.9 Å². The number of hydrogen-bond donors (Lipinski definition) is 1. The molecule has 1 aliphatic carbocycles. The number of nitrogens with one attached hydrogen (secondary N) is 1. The first-order chi connectivity index (χ1) is 9.74. The summed E-state index contributed by atoms with van der Waals surface area (Å²) in [4.78, 5) is 14.7. The Kier molecular flexibility index (Phi) is 5.36. The Bertz CT molecular complexity index is 480. The van der Waals surface area contributed by atoms with Crippen LogP contribution < -0.4 is 10.2 Å². The van der Waals surface area contributed by atoms with Gasteiger partial charge in [0.2, 0.25) is 17.2 Å². The molecule has 1 N–H and O–H groups in total. The first-order valence-corrected chi connectivity index (χ1v) is 7.35. The standard InChI is InChI=1S/C13H19ClN6/c1-16-12-17-11(14)18-13(19-12)20(9-5-8-15)10-6-3-2-4-7-10/h10H,2-7,9H2,1H3,(H,16,17,18,19). The molecule has 1 aliphatic rings. The van der Waals surface area contributed by atoms with Crippen LogP contribution in [-0.2, 0) is 0 Å². The fraction of sp³-hybridized carbons (Fsp3) is 0.692. The normalized spacial score (nSPS) is 15.7. The van der Waals surface area contributed by atoms with Gasteiger partial charge in [-0.15, -0.1) is 0 Å². The molecule has 0 unspecified atom stereocenters. The van der Waals surface area contributed by atoms with Gasteiger partial charge in [-0.1, -0.05) is 19.3 Å². The van der Waals surface area contributed by atoms with Crippen LogP contribution in [0.15, 0.2) is 0 Å². The quantitative estimate of drug-likeness (QED) is 0.899. The number of rotatable bonds is 5. The van der Waals surface area contributed by atoms with Crippen LogP contribution in [0.5, 0.6) is 0 Å². The van der Waals surface area contributed by atoms with Gasteiger partial charge in [-0.05, 0) is 24.4 Å². The van der Waals surface area contributed by atoms with Crippen molar-refractivity contribution < 1.29 is 0 Å². The lowest BCUT2D eigenvalue weighted by Crippen LogP contribution is -2.39. The van der Waals surface area contributed by atoms with Crippen molar-refractivity contribution in [1.29, 1.82) is 5.26 Å². The molecule has 0 saturated heterocycles. The Labute approximate surface area is 124 Å². The molecule has 6 nitrogen and oxygen atoms in total. The predicted molar refractivity (Wildman–Crippen MR) is 78.8 cm³/mol. The van der Waals surface area contributed by atoms with Gasteiger partial charge in [-0.25, -0.2) is 0 Å². The highest BCUT2D eigenvalue weighted by atomic mass is 35.5. The smallest absolute Gasteiger partial charge is 0.231 e. The van der Waals surface area contributed by atoms with Gasteiger partial charge in [0.15, 0.2) is 0 Å². The van der Waals surface area contributed by atoms with Crippen molar-refractivity contribution in [1.82, 2.24) is 15.0 Å². The third kappa shape index (κ3) is 3.70. The minimum Gasteiger partial charge on any atom is -0.357 e. The second kappa shape index (κ2) is 7.25. The molecule has 0 radical (unpaired) electrons. The highest BCUT2D eigenvalue weighted by Gasteiger charge is 2.24. The number of aromatic nitrogens is 3. The Balaban J connectivity index is 2.24. The zero-order valence-corrected chi connectivity index (χ0v) is 12.4. The molecule has 0 bridgehead atoms. The molecule has 1 aromatic heterocycles. The molecule has 1 saturated carbocycles. The molecular weight excluding hydrogens is 276 g/mol. The van der Waals surface area contributed by atoms with Crippen LogP contribution in [0.25, 0.3) is 0 Å². The maximum Gasteiger partial charge on any atom is 0.231 e. The maximum atomic E-state index is 8.85. The highest BCUT2D eigenvalue weighted by molar-refractivity contribution is 6.28. The van der Waals surface area contributed by atoms with E-state index in [0.717, 1.165) is 12.8 Å². The van der Waals surface area contributed by atoms with Crippen molar-refractivity contribution in [3.63, 3.8) is 0 Å². The molecule has 0 aliphatic heterocycles. The van der Waals surface area contributed by atoms with Gasteiger partial charge in [0.25, 0.3) is 0 Å². The number of nitrogens with zero attached hydrogens (tertiary/aromatic N) is 5. The zero-order chi connectivity index (χ0) is 14.4. The van der Waals surface area contributed by atoms with E-state index in [1.165, 1.54) is 19.3 Å². The summed E-state index contributed by atoms with van der Waals surface area (Å²) < 4.78 is 0.